The van der Waals surface area contributed by atoms with Crippen LogP contribution >= 0.6 is 0 Å². The van der Waals surface area contributed by atoms with Gasteiger partial charge in [0, 0.05) is 11.4 Å². The summed E-state index contributed by atoms with van der Waals surface area (Å²) < 4.78 is 0. The van der Waals surface area contributed by atoms with E-state index in [2.05, 4.69) is 24.1 Å². The number of aryl methyl sites for hydroxylation is 1. The van der Waals surface area contributed by atoms with E-state index in [0.717, 1.165) is 42.9 Å². The third-order valence-corrected chi connectivity index (χ3v) is 4.59. The molecule has 4 nitrogen and oxygen atoms in total. The zero-order chi connectivity index (χ0) is 15.6. The molecule has 1 fully saturated rings. The van der Waals surface area contributed by atoms with Crippen molar-refractivity contribution in [2.24, 2.45) is 5.41 Å². The van der Waals surface area contributed by atoms with Crippen LogP contribution in [0.5, 0.6) is 0 Å². The zero-order valence-electron chi connectivity index (χ0n) is 13.6. The number of benzene rings is 1. The van der Waals surface area contributed by atoms with E-state index in [-0.39, 0.29) is 11.9 Å². The molecule has 4 heteroatoms. The molecule has 0 spiro atoms. The molecule has 1 amide bonds. The van der Waals surface area contributed by atoms with Crippen LogP contribution < -0.4 is 11.1 Å². The maximum atomic E-state index is 12.4. The van der Waals surface area contributed by atoms with E-state index in [4.69, 9.17) is 5.73 Å². The Bertz CT molecular complexity index is 515. The standard InChI is InChI=1S/C17H27N3O/c1-12-11-14(18)5-6-15(12)19-16(21)13(2)20-9-7-17(3,4)8-10-20/h5-6,11,13H,7-10,18H2,1-4H3,(H,19,21). The minimum atomic E-state index is -0.0990. The highest BCUT2D eigenvalue weighted by molar-refractivity contribution is 5.95. The van der Waals surface area contributed by atoms with Crippen molar-refractivity contribution in [3.05, 3.63) is 23.8 Å². The third-order valence-electron chi connectivity index (χ3n) is 4.59. The lowest BCUT2D eigenvalue weighted by Crippen LogP contribution is -2.47. The number of nitrogens with zero attached hydrogens (tertiary/aromatic N) is 1. The summed E-state index contributed by atoms with van der Waals surface area (Å²) in [5.74, 6) is 0.0579. The van der Waals surface area contributed by atoms with Crippen LogP contribution in [0.4, 0.5) is 11.4 Å². The topological polar surface area (TPSA) is 58.4 Å². The summed E-state index contributed by atoms with van der Waals surface area (Å²) in [4.78, 5) is 14.7. The van der Waals surface area contributed by atoms with Crippen molar-refractivity contribution in [1.29, 1.82) is 0 Å². The van der Waals surface area contributed by atoms with Crippen molar-refractivity contribution in [1.82, 2.24) is 4.90 Å². The molecule has 116 valence electrons. The number of carbonyl (C=O) groups excluding carboxylic acids is 1. The molecule has 1 saturated heterocycles. The summed E-state index contributed by atoms with van der Waals surface area (Å²) in [5.41, 5.74) is 8.70. The second-order valence-corrected chi connectivity index (χ2v) is 6.94. The van der Waals surface area contributed by atoms with E-state index in [1.165, 1.54) is 0 Å². The van der Waals surface area contributed by atoms with Crippen LogP contribution in [0.3, 0.4) is 0 Å². The SMILES string of the molecule is Cc1cc(N)ccc1NC(=O)C(C)N1CCC(C)(C)CC1. The Morgan fingerprint density at radius 2 is 1.95 bits per heavy atom. The molecule has 0 aliphatic carbocycles. The van der Waals surface area contributed by atoms with Gasteiger partial charge in [0.05, 0.1) is 6.04 Å². The van der Waals surface area contributed by atoms with Gasteiger partial charge in [0.15, 0.2) is 0 Å². The van der Waals surface area contributed by atoms with Crippen LogP contribution in [0, 0.1) is 12.3 Å². The van der Waals surface area contributed by atoms with Crippen molar-refractivity contribution >= 4 is 17.3 Å². The van der Waals surface area contributed by atoms with Crippen LogP contribution in [0.1, 0.15) is 39.2 Å². The summed E-state index contributed by atoms with van der Waals surface area (Å²) in [6, 6.07) is 5.47. The quantitative estimate of drug-likeness (QED) is 0.841. The molecular weight excluding hydrogens is 262 g/mol. The van der Waals surface area contributed by atoms with Gasteiger partial charge in [0.2, 0.25) is 5.91 Å². The lowest BCUT2D eigenvalue weighted by atomic mass is 9.82. The van der Waals surface area contributed by atoms with Gasteiger partial charge in [0.1, 0.15) is 0 Å². The number of anilines is 2. The molecule has 1 unspecified atom stereocenters. The van der Waals surface area contributed by atoms with Crippen LogP contribution in [-0.2, 0) is 4.79 Å². The van der Waals surface area contributed by atoms with Gasteiger partial charge in [-0.15, -0.1) is 0 Å². The minimum absolute atomic E-state index is 0.0579. The maximum absolute atomic E-state index is 12.4. The Kier molecular flexibility index (Phi) is 4.57. The van der Waals surface area contributed by atoms with E-state index >= 15 is 0 Å². The number of rotatable bonds is 3. The molecule has 0 bridgehead atoms. The van der Waals surface area contributed by atoms with Gasteiger partial charge >= 0.3 is 0 Å². The molecule has 1 aliphatic heterocycles. The Morgan fingerprint density at radius 3 is 2.52 bits per heavy atom. The highest BCUT2D eigenvalue weighted by atomic mass is 16.2. The van der Waals surface area contributed by atoms with Gasteiger partial charge in [0.25, 0.3) is 0 Å². The Balaban J connectivity index is 1.97. The second-order valence-electron chi connectivity index (χ2n) is 6.94. The fourth-order valence-electron chi connectivity index (χ4n) is 2.75. The Hall–Kier alpha value is -1.55. The molecule has 0 radical (unpaired) electrons. The molecule has 1 atom stereocenters. The fourth-order valence-corrected chi connectivity index (χ4v) is 2.75. The largest absolute Gasteiger partial charge is 0.399 e. The highest BCUT2D eigenvalue weighted by Crippen LogP contribution is 2.30. The molecule has 0 saturated carbocycles. The average molecular weight is 289 g/mol. The number of piperidine rings is 1. The molecule has 3 N–H and O–H groups in total. The van der Waals surface area contributed by atoms with E-state index in [0.29, 0.717) is 5.41 Å². The first-order chi connectivity index (χ1) is 9.78. The minimum Gasteiger partial charge on any atom is -0.399 e. The lowest BCUT2D eigenvalue weighted by Gasteiger charge is -2.39. The summed E-state index contributed by atoms with van der Waals surface area (Å²) in [6.45, 7) is 10.5. The van der Waals surface area contributed by atoms with Crippen molar-refractivity contribution in [3.8, 4) is 0 Å². The van der Waals surface area contributed by atoms with Gasteiger partial charge in [-0.2, -0.15) is 0 Å². The number of likely N-dealkylation sites (tertiary alicyclic amines) is 1. The van der Waals surface area contributed by atoms with E-state index in [1.807, 2.05) is 32.0 Å². The lowest BCUT2D eigenvalue weighted by molar-refractivity contribution is -0.121. The molecule has 0 aromatic heterocycles. The molecule has 21 heavy (non-hydrogen) atoms. The summed E-state index contributed by atoms with van der Waals surface area (Å²) in [5, 5.41) is 3.02. The number of hydrogen-bond acceptors (Lipinski definition) is 3. The molecule has 1 aliphatic rings. The number of carbonyl (C=O) groups is 1. The first-order valence-corrected chi connectivity index (χ1v) is 7.69. The second kappa shape index (κ2) is 6.06. The molecule has 1 aromatic carbocycles. The number of nitrogen functional groups attached to an aromatic ring is 1. The van der Waals surface area contributed by atoms with Crippen LogP contribution in [0.15, 0.2) is 18.2 Å². The average Bonchev–Trinajstić information content (AvgIpc) is 2.41. The number of hydrogen-bond donors (Lipinski definition) is 2. The van der Waals surface area contributed by atoms with Gasteiger partial charge in [-0.3, -0.25) is 9.69 Å². The van der Waals surface area contributed by atoms with Crippen LogP contribution in [-0.4, -0.2) is 29.9 Å². The predicted octanol–water partition coefficient (Wildman–Crippen LogP) is 3.03. The fraction of sp³-hybridized carbons (Fsp3) is 0.588. The summed E-state index contributed by atoms with van der Waals surface area (Å²) in [6.07, 6.45) is 2.29. The van der Waals surface area contributed by atoms with Gasteiger partial charge in [-0.25, -0.2) is 0 Å². The Labute approximate surface area is 127 Å². The van der Waals surface area contributed by atoms with Crippen molar-refractivity contribution < 1.29 is 4.79 Å². The third kappa shape index (κ3) is 3.97. The molecule has 1 aromatic rings. The van der Waals surface area contributed by atoms with E-state index in [1.54, 1.807) is 0 Å². The summed E-state index contributed by atoms with van der Waals surface area (Å²) in [7, 11) is 0. The molecule has 2 rings (SSSR count). The van der Waals surface area contributed by atoms with E-state index in [9.17, 15) is 4.79 Å². The zero-order valence-corrected chi connectivity index (χ0v) is 13.6. The molecular formula is C17H27N3O. The first kappa shape index (κ1) is 15.8. The van der Waals surface area contributed by atoms with Crippen LogP contribution in [0.2, 0.25) is 0 Å². The molecule has 1 heterocycles. The first-order valence-electron chi connectivity index (χ1n) is 7.69. The smallest absolute Gasteiger partial charge is 0.241 e. The van der Waals surface area contributed by atoms with Crippen molar-refractivity contribution in [2.45, 2.75) is 46.6 Å². The van der Waals surface area contributed by atoms with Crippen molar-refractivity contribution in [3.63, 3.8) is 0 Å². The van der Waals surface area contributed by atoms with E-state index < -0.39 is 0 Å². The summed E-state index contributed by atoms with van der Waals surface area (Å²) >= 11 is 0. The maximum Gasteiger partial charge on any atom is 0.241 e. The normalized spacial score (nSPS) is 20.0. The predicted molar refractivity (Wildman–Crippen MR) is 88.3 cm³/mol. The number of amides is 1. The van der Waals surface area contributed by atoms with Gasteiger partial charge in [-0.05, 0) is 69.0 Å². The van der Waals surface area contributed by atoms with Gasteiger partial charge < -0.3 is 11.1 Å². The monoisotopic (exact) mass is 289 g/mol. The van der Waals surface area contributed by atoms with Crippen molar-refractivity contribution in [2.75, 3.05) is 24.1 Å². The highest BCUT2D eigenvalue weighted by Gasteiger charge is 2.30. The van der Waals surface area contributed by atoms with Crippen LogP contribution in [0.25, 0.3) is 0 Å². The number of nitrogens with two attached hydrogens (primary N) is 1. The Morgan fingerprint density at radius 1 is 1.33 bits per heavy atom. The number of nitrogens with one attached hydrogen (secondary N) is 1. The van der Waals surface area contributed by atoms with Gasteiger partial charge in [-0.1, -0.05) is 13.8 Å².